The Morgan fingerprint density at radius 1 is 0.923 bits per heavy atom. The van der Waals surface area contributed by atoms with Crippen LogP contribution in [0.4, 0.5) is 14.9 Å². The molecule has 6 heteroatoms. The van der Waals surface area contributed by atoms with Crippen LogP contribution in [0.25, 0.3) is 0 Å². The molecule has 2 amide bonds. The van der Waals surface area contributed by atoms with Crippen molar-refractivity contribution in [1.29, 1.82) is 0 Å². The lowest BCUT2D eigenvalue weighted by Crippen LogP contribution is -2.49. The molecular formula is C20H25FN4O. The zero-order valence-corrected chi connectivity index (χ0v) is 14.8. The third kappa shape index (κ3) is 5.46. The van der Waals surface area contributed by atoms with Gasteiger partial charge in [0.2, 0.25) is 0 Å². The summed E-state index contributed by atoms with van der Waals surface area (Å²) in [4.78, 5) is 16.4. The molecule has 2 N–H and O–H groups in total. The fourth-order valence-corrected chi connectivity index (χ4v) is 3.05. The summed E-state index contributed by atoms with van der Waals surface area (Å²) in [5.74, 6) is -0.205. The average molecular weight is 356 g/mol. The maximum atomic E-state index is 13.0. The maximum Gasteiger partial charge on any atom is 0.315 e. The molecule has 0 aliphatic carbocycles. The van der Waals surface area contributed by atoms with Gasteiger partial charge in [-0.2, -0.15) is 0 Å². The quantitative estimate of drug-likeness (QED) is 0.836. The van der Waals surface area contributed by atoms with E-state index < -0.39 is 0 Å². The molecular weight excluding hydrogens is 331 g/mol. The Bertz CT molecular complexity index is 685. The summed E-state index contributed by atoms with van der Waals surface area (Å²) in [6, 6.07) is 16.4. The molecule has 0 atom stereocenters. The SMILES string of the molecule is O=C(NCCN1CCN(c2ccc(F)cc2)CC1)NCc1ccccc1. The molecule has 2 aromatic carbocycles. The second-order valence-corrected chi connectivity index (χ2v) is 6.40. The number of nitrogens with one attached hydrogen (secondary N) is 2. The van der Waals surface area contributed by atoms with Gasteiger partial charge in [0.15, 0.2) is 0 Å². The van der Waals surface area contributed by atoms with Crippen LogP contribution < -0.4 is 15.5 Å². The third-order valence-electron chi connectivity index (χ3n) is 4.57. The number of benzene rings is 2. The van der Waals surface area contributed by atoms with Crippen molar-refractivity contribution < 1.29 is 9.18 Å². The predicted molar refractivity (Wildman–Crippen MR) is 102 cm³/mol. The van der Waals surface area contributed by atoms with Crippen molar-refractivity contribution in [2.45, 2.75) is 6.54 Å². The Morgan fingerprint density at radius 2 is 1.62 bits per heavy atom. The number of nitrogens with zero attached hydrogens (tertiary/aromatic N) is 2. The van der Waals surface area contributed by atoms with E-state index in [-0.39, 0.29) is 11.8 Å². The highest BCUT2D eigenvalue weighted by Gasteiger charge is 2.17. The third-order valence-corrected chi connectivity index (χ3v) is 4.57. The first-order valence-corrected chi connectivity index (χ1v) is 8.99. The van der Waals surface area contributed by atoms with E-state index in [2.05, 4.69) is 20.4 Å². The minimum absolute atomic E-state index is 0.140. The van der Waals surface area contributed by atoms with E-state index in [1.54, 1.807) is 0 Å². The highest BCUT2D eigenvalue weighted by atomic mass is 19.1. The van der Waals surface area contributed by atoms with Crippen LogP contribution in [0.5, 0.6) is 0 Å². The molecule has 5 nitrogen and oxygen atoms in total. The van der Waals surface area contributed by atoms with Gasteiger partial charge in [0.1, 0.15) is 5.82 Å². The molecule has 0 saturated carbocycles. The van der Waals surface area contributed by atoms with Gasteiger partial charge in [0.05, 0.1) is 0 Å². The smallest absolute Gasteiger partial charge is 0.315 e. The Kier molecular flexibility index (Phi) is 6.44. The van der Waals surface area contributed by atoms with Crippen LogP contribution in [0.3, 0.4) is 0 Å². The van der Waals surface area contributed by atoms with E-state index >= 15 is 0 Å². The summed E-state index contributed by atoms with van der Waals surface area (Å²) in [7, 11) is 0. The van der Waals surface area contributed by atoms with E-state index in [9.17, 15) is 9.18 Å². The fraction of sp³-hybridized carbons (Fsp3) is 0.350. The number of urea groups is 1. The molecule has 26 heavy (non-hydrogen) atoms. The van der Waals surface area contributed by atoms with Crippen LogP contribution in [0, 0.1) is 5.82 Å². The molecule has 1 aliphatic rings. The number of carbonyl (C=O) groups excluding carboxylic acids is 1. The van der Waals surface area contributed by atoms with Crippen LogP contribution in [0.2, 0.25) is 0 Å². The molecule has 0 spiro atoms. The first-order chi connectivity index (χ1) is 12.7. The normalized spacial score (nSPS) is 14.9. The van der Waals surface area contributed by atoms with Gasteiger partial charge in [-0.05, 0) is 29.8 Å². The fourth-order valence-electron chi connectivity index (χ4n) is 3.05. The summed E-state index contributed by atoms with van der Waals surface area (Å²) in [6.45, 7) is 5.67. The van der Waals surface area contributed by atoms with E-state index in [4.69, 9.17) is 0 Å². The molecule has 1 saturated heterocycles. The molecule has 0 unspecified atom stereocenters. The number of rotatable bonds is 6. The topological polar surface area (TPSA) is 47.6 Å². The monoisotopic (exact) mass is 356 g/mol. The summed E-state index contributed by atoms with van der Waals surface area (Å²) in [6.07, 6.45) is 0. The van der Waals surface area contributed by atoms with Crippen LogP contribution in [0.15, 0.2) is 54.6 Å². The lowest BCUT2D eigenvalue weighted by atomic mass is 10.2. The number of amides is 2. The Labute approximate surface area is 153 Å². The van der Waals surface area contributed by atoms with Crippen LogP contribution in [-0.4, -0.2) is 50.2 Å². The highest BCUT2D eigenvalue weighted by molar-refractivity contribution is 5.73. The molecule has 0 aromatic heterocycles. The minimum atomic E-state index is -0.205. The van der Waals surface area contributed by atoms with Crippen LogP contribution >= 0.6 is 0 Å². The van der Waals surface area contributed by atoms with Crippen molar-refractivity contribution in [2.24, 2.45) is 0 Å². The number of hydrogen-bond donors (Lipinski definition) is 2. The van der Waals surface area contributed by atoms with E-state index in [1.165, 1.54) is 12.1 Å². The van der Waals surface area contributed by atoms with Crippen LogP contribution in [-0.2, 0) is 6.54 Å². The number of halogens is 1. The van der Waals surface area contributed by atoms with E-state index in [0.29, 0.717) is 13.1 Å². The lowest BCUT2D eigenvalue weighted by Gasteiger charge is -2.36. The summed E-state index contributed by atoms with van der Waals surface area (Å²) in [5, 5.41) is 5.76. The van der Waals surface area contributed by atoms with Gasteiger partial charge in [-0.1, -0.05) is 30.3 Å². The van der Waals surface area contributed by atoms with Gasteiger partial charge >= 0.3 is 6.03 Å². The Hall–Kier alpha value is -2.60. The first kappa shape index (κ1) is 18.2. The molecule has 1 aliphatic heterocycles. The summed E-state index contributed by atoms with van der Waals surface area (Å²) >= 11 is 0. The standard InChI is InChI=1S/C20H25FN4O/c21-18-6-8-19(9-7-18)25-14-12-24(13-15-25)11-10-22-20(26)23-16-17-4-2-1-3-5-17/h1-9H,10-16H2,(H2,22,23,26). The first-order valence-electron chi connectivity index (χ1n) is 8.99. The second-order valence-electron chi connectivity index (χ2n) is 6.40. The largest absolute Gasteiger partial charge is 0.369 e. The minimum Gasteiger partial charge on any atom is -0.369 e. The van der Waals surface area contributed by atoms with Crippen molar-refractivity contribution in [3.8, 4) is 0 Å². The molecule has 0 bridgehead atoms. The molecule has 1 fully saturated rings. The number of anilines is 1. The van der Waals surface area contributed by atoms with Gasteiger partial charge in [0.25, 0.3) is 0 Å². The zero-order valence-electron chi connectivity index (χ0n) is 14.8. The van der Waals surface area contributed by atoms with Crippen molar-refractivity contribution in [3.63, 3.8) is 0 Å². The van der Waals surface area contributed by atoms with Crippen molar-refractivity contribution in [2.75, 3.05) is 44.2 Å². The summed E-state index contributed by atoms with van der Waals surface area (Å²) < 4.78 is 13.0. The molecule has 2 aromatic rings. The maximum absolute atomic E-state index is 13.0. The molecule has 138 valence electrons. The van der Waals surface area contributed by atoms with Crippen molar-refractivity contribution in [3.05, 3.63) is 66.0 Å². The highest BCUT2D eigenvalue weighted by Crippen LogP contribution is 2.16. The van der Waals surface area contributed by atoms with Crippen molar-refractivity contribution in [1.82, 2.24) is 15.5 Å². The van der Waals surface area contributed by atoms with Crippen LogP contribution in [0.1, 0.15) is 5.56 Å². The number of carbonyl (C=O) groups is 1. The van der Waals surface area contributed by atoms with Gasteiger partial charge in [-0.15, -0.1) is 0 Å². The number of hydrogen-bond acceptors (Lipinski definition) is 3. The van der Waals surface area contributed by atoms with E-state index in [1.807, 2.05) is 42.5 Å². The van der Waals surface area contributed by atoms with E-state index in [0.717, 1.165) is 44.0 Å². The Balaban J connectivity index is 1.31. The molecule has 1 heterocycles. The lowest BCUT2D eigenvalue weighted by molar-refractivity contribution is 0.231. The van der Waals surface area contributed by atoms with Gasteiger partial charge < -0.3 is 15.5 Å². The molecule has 0 radical (unpaired) electrons. The van der Waals surface area contributed by atoms with Gasteiger partial charge in [-0.25, -0.2) is 9.18 Å². The number of piperazine rings is 1. The molecule has 3 rings (SSSR count). The second kappa shape index (κ2) is 9.20. The van der Waals surface area contributed by atoms with Gasteiger partial charge in [-0.3, -0.25) is 4.90 Å². The summed E-state index contributed by atoms with van der Waals surface area (Å²) in [5.41, 5.74) is 2.14. The Morgan fingerprint density at radius 3 is 2.31 bits per heavy atom. The van der Waals surface area contributed by atoms with Gasteiger partial charge in [0, 0.05) is 51.5 Å². The average Bonchev–Trinajstić information content (AvgIpc) is 2.68. The zero-order chi connectivity index (χ0) is 18.2. The predicted octanol–water partition coefficient (Wildman–Crippen LogP) is 2.45. The van der Waals surface area contributed by atoms with Crippen molar-refractivity contribution >= 4 is 11.7 Å².